The number of methoxy groups -OCH3 is 2. The number of halogens is 4. The van der Waals surface area contributed by atoms with Gasteiger partial charge in [0, 0.05) is 17.6 Å². The molecule has 0 spiro atoms. The molecule has 1 unspecified atom stereocenters. The number of anilines is 2. The van der Waals surface area contributed by atoms with E-state index >= 15 is 8.78 Å². The van der Waals surface area contributed by atoms with Crippen molar-refractivity contribution in [2.75, 3.05) is 50.7 Å². The standard InChI is InChI=1S/C25H26F4N6O4/c1-4-18(36)31-14-8-39-9-15(14)33-24-30-7-12-5-13(19-20(26)16(37-2)6-17(38-3)21(19)27)32-23(22(12)34-24)35-10-25(28,29)11-35/h4-7,14-15,18,31,36H,1,8-11H2,2-3H3,(H,30,33,34)/t14-,15+,18?/m0/s1. The van der Waals surface area contributed by atoms with Gasteiger partial charge >= 0.3 is 0 Å². The molecule has 2 fully saturated rings. The van der Waals surface area contributed by atoms with Crippen molar-refractivity contribution < 1.29 is 36.9 Å². The van der Waals surface area contributed by atoms with Gasteiger partial charge in [0.2, 0.25) is 5.95 Å². The molecule has 3 atom stereocenters. The van der Waals surface area contributed by atoms with E-state index in [2.05, 4.69) is 32.2 Å². The van der Waals surface area contributed by atoms with Crippen LogP contribution in [0, 0.1) is 11.6 Å². The van der Waals surface area contributed by atoms with Gasteiger partial charge in [0.15, 0.2) is 29.0 Å². The number of rotatable bonds is 9. The Labute approximate surface area is 220 Å². The summed E-state index contributed by atoms with van der Waals surface area (Å²) >= 11 is 0. The lowest BCUT2D eigenvalue weighted by Crippen LogP contribution is -2.56. The second-order valence-electron chi connectivity index (χ2n) is 9.20. The molecule has 0 radical (unpaired) electrons. The van der Waals surface area contributed by atoms with Crippen LogP contribution < -0.4 is 25.0 Å². The van der Waals surface area contributed by atoms with Crippen LogP contribution >= 0.6 is 0 Å². The van der Waals surface area contributed by atoms with Crippen LogP contribution in [0.2, 0.25) is 0 Å². The fourth-order valence-corrected chi connectivity index (χ4v) is 4.53. The molecule has 2 aromatic heterocycles. The van der Waals surface area contributed by atoms with Crippen molar-refractivity contribution in [2.24, 2.45) is 0 Å². The molecule has 208 valence electrons. The largest absolute Gasteiger partial charge is 0.494 e. The average Bonchev–Trinajstić information content (AvgIpc) is 3.33. The van der Waals surface area contributed by atoms with Crippen molar-refractivity contribution in [2.45, 2.75) is 24.2 Å². The summed E-state index contributed by atoms with van der Waals surface area (Å²) in [6, 6.07) is 1.81. The number of aliphatic hydroxyl groups excluding tert-OH is 1. The molecule has 0 bridgehead atoms. The molecule has 10 nitrogen and oxygen atoms in total. The topological polar surface area (TPSA) is 114 Å². The number of ether oxygens (including phenoxy) is 3. The quantitative estimate of drug-likeness (QED) is 0.209. The molecule has 2 aliphatic heterocycles. The summed E-state index contributed by atoms with van der Waals surface area (Å²) in [6.45, 7) is 2.86. The van der Waals surface area contributed by atoms with Gasteiger partial charge in [-0.05, 0) is 12.1 Å². The van der Waals surface area contributed by atoms with Crippen molar-refractivity contribution in [3.63, 3.8) is 0 Å². The Morgan fingerprint density at radius 3 is 2.41 bits per heavy atom. The number of aromatic nitrogens is 3. The molecule has 14 heteroatoms. The van der Waals surface area contributed by atoms with Gasteiger partial charge in [-0.15, -0.1) is 0 Å². The number of nitrogens with zero attached hydrogens (tertiary/aromatic N) is 4. The van der Waals surface area contributed by atoms with E-state index in [1.807, 2.05) is 0 Å². The number of fused-ring (bicyclic) bond motifs is 1. The minimum absolute atomic E-state index is 0.0129. The Balaban J connectivity index is 1.58. The number of nitrogens with one attached hydrogen (secondary N) is 2. The van der Waals surface area contributed by atoms with Crippen LogP contribution in [0.5, 0.6) is 11.5 Å². The van der Waals surface area contributed by atoms with Crippen molar-refractivity contribution >= 4 is 22.7 Å². The summed E-state index contributed by atoms with van der Waals surface area (Å²) in [5.74, 6) is -5.38. The third-order valence-electron chi connectivity index (χ3n) is 6.52. The Bertz CT molecular complexity index is 1370. The molecule has 0 aliphatic carbocycles. The molecule has 3 aromatic rings. The molecule has 2 saturated heterocycles. The molecule has 5 rings (SSSR count). The van der Waals surface area contributed by atoms with Gasteiger partial charge in [0.1, 0.15) is 11.7 Å². The third kappa shape index (κ3) is 5.14. The van der Waals surface area contributed by atoms with E-state index in [1.165, 1.54) is 37.5 Å². The zero-order valence-corrected chi connectivity index (χ0v) is 21.0. The first-order valence-corrected chi connectivity index (χ1v) is 12.0. The first kappa shape index (κ1) is 26.8. The monoisotopic (exact) mass is 550 g/mol. The van der Waals surface area contributed by atoms with E-state index in [0.717, 1.165) is 6.07 Å². The van der Waals surface area contributed by atoms with E-state index in [9.17, 15) is 13.9 Å². The summed E-state index contributed by atoms with van der Waals surface area (Å²) in [7, 11) is 2.44. The lowest BCUT2D eigenvalue weighted by Gasteiger charge is -2.39. The summed E-state index contributed by atoms with van der Waals surface area (Å²) in [6.07, 6.45) is 1.79. The SMILES string of the molecule is C=CC(O)N[C@H]1COC[C@H]1Nc1ncc2cc(-c3c(F)c(OC)cc(OC)c3F)nc(N3CC(F)(F)C3)c2n1. The van der Waals surface area contributed by atoms with Gasteiger partial charge < -0.3 is 29.5 Å². The smallest absolute Gasteiger partial charge is 0.282 e. The third-order valence-corrected chi connectivity index (χ3v) is 6.52. The normalized spacial score (nSPS) is 20.9. The van der Waals surface area contributed by atoms with E-state index < -0.39 is 42.4 Å². The maximum atomic E-state index is 15.3. The zero-order chi connectivity index (χ0) is 27.9. The zero-order valence-electron chi connectivity index (χ0n) is 21.0. The molecule has 39 heavy (non-hydrogen) atoms. The Hall–Kier alpha value is -3.75. The van der Waals surface area contributed by atoms with Gasteiger partial charge in [-0.1, -0.05) is 6.58 Å². The predicted molar refractivity (Wildman–Crippen MR) is 134 cm³/mol. The molecule has 4 heterocycles. The highest BCUT2D eigenvalue weighted by Crippen LogP contribution is 2.41. The number of hydrogen-bond acceptors (Lipinski definition) is 10. The Morgan fingerprint density at radius 1 is 1.13 bits per heavy atom. The van der Waals surface area contributed by atoms with Gasteiger partial charge in [-0.25, -0.2) is 32.5 Å². The second-order valence-corrected chi connectivity index (χ2v) is 9.20. The highest BCUT2D eigenvalue weighted by atomic mass is 19.3. The van der Waals surface area contributed by atoms with E-state index in [1.54, 1.807) is 0 Å². The molecular formula is C25H26F4N6O4. The number of benzene rings is 1. The molecular weight excluding hydrogens is 524 g/mol. The number of pyridine rings is 1. The van der Waals surface area contributed by atoms with Crippen LogP contribution in [0.25, 0.3) is 22.2 Å². The minimum Gasteiger partial charge on any atom is -0.494 e. The average molecular weight is 551 g/mol. The second kappa shape index (κ2) is 10.4. The van der Waals surface area contributed by atoms with Crippen LogP contribution in [-0.4, -0.2) is 84.8 Å². The maximum Gasteiger partial charge on any atom is 0.282 e. The predicted octanol–water partition coefficient (Wildman–Crippen LogP) is 2.72. The molecule has 0 saturated carbocycles. The van der Waals surface area contributed by atoms with Gasteiger partial charge in [0.25, 0.3) is 5.92 Å². The molecule has 3 N–H and O–H groups in total. The van der Waals surface area contributed by atoms with Crippen molar-refractivity contribution in [1.82, 2.24) is 20.3 Å². The van der Waals surface area contributed by atoms with Crippen LogP contribution in [0.15, 0.2) is 31.0 Å². The van der Waals surface area contributed by atoms with E-state index in [0.29, 0.717) is 18.6 Å². The minimum atomic E-state index is -2.94. The molecule has 0 amide bonds. The van der Waals surface area contributed by atoms with Crippen LogP contribution in [0.4, 0.5) is 29.3 Å². The van der Waals surface area contributed by atoms with Gasteiger partial charge in [-0.2, -0.15) is 0 Å². The highest BCUT2D eigenvalue weighted by Gasteiger charge is 2.45. The van der Waals surface area contributed by atoms with Crippen molar-refractivity contribution in [1.29, 1.82) is 0 Å². The first-order chi connectivity index (χ1) is 18.6. The highest BCUT2D eigenvalue weighted by molar-refractivity contribution is 5.92. The summed E-state index contributed by atoms with van der Waals surface area (Å²) in [5.41, 5.74) is -0.505. The van der Waals surface area contributed by atoms with E-state index in [4.69, 9.17) is 14.2 Å². The fraction of sp³-hybridized carbons (Fsp3) is 0.400. The lowest BCUT2D eigenvalue weighted by molar-refractivity contribution is -0.0265. The van der Waals surface area contributed by atoms with Crippen LogP contribution in [0.3, 0.4) is 0 Å². The van der Waals surface area contributed by atoms with Crippen LogP contribution in [0.1, 0.15) is 0 Å². The lowest BCUT2D eigenvalue weighted by atomic mass is 10.1. The Kier molecular flexibility index (Phi) is 7.18. The first-order valence-electron chi connectivity index (χ1n) is 12.0. The summed E-state index contributed by atoms with van der Waals surface area (Å²) in [5, 5.41) is 16.2. The maximum absolute atomic E-state index is 15.3. The van der Waals surface area contributed by atoms with Gasteiger partial charge in [0.05, 0.1) is 63.9 Å². The summed E-state index contributed by atoms with van der Waals surface area (Å²) in [4.78, 5) is 14.4. The van der Waals surface area contributed by atoms with Crippen LogP contribution in [-0.2, 0) is 4.74 Å². The molecule has 1 aromatic carbocycles. The Morgan fingerprint density at radius 2 is 1.79 bits per heavy atom. The molecule has 2 aliphatic rings. The summed E-state index contributed by atoms with van der Waals surface area (Å²) < 4.78 is 73.7. The number of hydrogen-bond donors (Lipinski definition) is 3. The van der Waals surface area contributed by atoms with Gasteiger partial charge in [-0.3, -0.25) is 5.32 Å². The van der Waals surface area contributed by atoms with E-state index in [-0.39, 0.29) is 46.6 Å². The fourth-order valence-electron chi connectivity index (χ4n) is 4.53. The number of alkyl halides is 2. The van der Waals surface area contributed by atoms with Crippen molar-refractivity contribution in [3.05, 3.63) is 42.6 Å². The number of aliphatic hydroxyl groups is 1. The van der Waals surface area contributed by atoms with Crippen molar-refractivity contribution in [3.8, 4) is 22.8 Å².